The van der Waals surface area contributed by atoms with Gasteiger partial charge in [0, 0.05) is 12.3 Å². The summed E-state index contributed by atoms with van der Waals surface area (Å²) in [7, 11) is 1.53. The maximum Gasteiger partial charge on any atom is 0.329 e. The molecule has 2 atom stereocenters. The lowest BCUT2D eigenvalue weighted by molar-refractivity contribution is -0.173. The lowest BCUT2D eigenvalue weighted by Gasteiger charge is -2.40. The highest BCUT2D eigenvalue weighted by atomic mass is 16.6. The van der Waals surface area contributed by atoms with Gasteiger partial charge in [-0.1, -0.05) is 36.4 Å². The van der Waals surface area contributed by atoms with E-state index in [-0.39, 0.29) is 18.6 Å². The summed E-state index contributed by atoms with van der Waals surface area (Å²) >= 11 is 0. The second-order valence-corrected chi connectivity index (χ2v) is 11.1. The highest BCUT2D eigenvalue weighted by Gasteiger charge is 2.72. The molecular formula is C32H40O8. The molecule has 0 aromatic heterocycles. The van der Waals surface area contributed by atoms with Crippen molar-refractivity contribution in [3.63, 3.8) is 0 Å². The number of carbonyl (C=O) groups is 4. The van der Waals surface area contributed by atoms with E-state index in [0.717, 1.165) is 0 Å². The maximum absolute atomic E-state index is 14.4. The van der Waals surface area contributed by atoms with Gasteiger partial charge in [0.25, 0.3) is 0 Å². The molecular weight excluding hydrogens is 512 g/mol. The van der Waals surface area contributed by atoms with E-state index >= 15 is 0 Å². The fourth-order valence-electron chi connectivity index (χ4n) is 5.68. The minimum atomic E-state index is -2.06. The standard InChI is InChI=1S/C32H40O8/c1-19(2)38-28(34)31(18-17-22(7)33)25-11-9-10-12-26(25)32(29(35)39-20(3)4,30(36)40-21(5)6)27(31)23-13-15-24(37-8)16-14-23/h9-16,19-21,27H,17-18H2,1-8H3/t27-,31-/m0/s1. The highest BCUT2D eigenvalue weighted by molar-refractivity contribution is 6.12. The van der Waals surface area contributed by atoms with Crippen LogP contribution in [0, 0.1) is 0 Å². The molecule has 0 saturated carbocycles. The number of carbonyl (C=O) groups excluding carboxylic acids is 4. The van der Waals surface area contributed by atoms with Gasteiger partial charge in [-0.05, 0) is 83.7 Å². The first-order chi connectivity index (χ1) is 18.8. The van der Waals surface area contributed by atoms with E-state index in [1.54, 1.807) is 90.1 Å². The monoisotopic (exact) mass is 552 g/mol. The lowest BCUT2D eigenvalue weighted by Crippen LogP contribution is -2.55. The summed E-state index contributed by atoms with van der Waals surface area (Å²) in [6.45, 7) is 11.7. The minimum Gasteiger partial charge on any atom is -0.497 e. The molecule has 0 amide bonds. The van der Waals surface area contributed by atoms with E-state index in [2.05, 4.69) is 0 Å². The molecule has 0 unspecified atom stereocenters. The van der Waals surface area contributed by atoms with Crippen LogP contribution in [0.2, 0.25) is 0 Å². The summed E-state index contributed by atoms with van der Waals surface area (Å²) in [5.41, 5.74) is -2.41. The van der Waals surface area contributed by atoms with Crippen LogP contribution in [-0.4, -0.2) is 49.1 Å². The zero-order chi connectivity index (χ0) is 29.8. The molecule has 0 fully saturated rings. The Balaban J connectivity index is 2.55. The molecule has 2 aromatic rings. The number of ether oxygens (including phenoxy) is 4. The molecule has 0 N–H and O–H groups in total. The van der Waals surface area contributed by atoms with Crippen molar-refractivity contribution in [2.75, 3.05) is 7.11 Å². The first kappa shape index (κ1) is 30.9. The first-order valence-corrected chi connectivity index (χ1v) is 13.7. The normalized spacial score (nSPS) is 19.3. The number of Topliss-reactive ketones (excluding diaryl/α,β-unsaturated/α-hetero) is 1. The van der Waals surface area contributed by atoms with Crippen molar-refractivity contribution in [3.05, 3.63) is 65.2 Å². The Kier molecular flexibility index (Phi) is 9.44. The van der Waals surface area contributed by atoms with E-state index in [4.69, 9.17) is 18.9 Å². The van der Waals surface area contributed by atoms with Crippen LogP contribution >= 0.6 is 0 Å². The Bertz CT molecular complexity index is 1220. The average Bonchev–Trinajstić information content (AvgIpc) is 3.15. The number of hydrogen-bond acceptors (Lipinski definition) is 8. The zero-order valence-corrected chi connectivity index (χ0v) is 24.6. The Morgan fingerprint density at radius 2 is 1.20 bits per heavy atom. The van der Waals surface area contributed by atoms with Crippen LogP contribution in [-0.2, 0) is 44.2 Å². The number of esters is 3. The molecule has 1 aliphatic carbocycles. The predicted octanol–water partition coefficient (Wildman–Crippen LogP) is 5.19. The molecule has 0 radical (unpaired) electrons. The van der Waals surface area contributed by atoms with Crippen LogP contribution in [0.25, 0.3) is 0 Å². The second kappa shape index (κ2) is 12.2. The largest absolute Gasteiger partial charge is 0.497 e. The Morgan fingerprint density at radius 1 is 0.725 bits per heavy atom. The number of benzene rings is 2. The quantitative estimate of drug-likeness (QED) is 0.213. The molecule has 40 heavy (non-hydrogen) atoms. The minimum absolute atomic E-state index is 0.00721. The van der Waals surface area contributed by atoms with Crippen molar-refractivity contribution in [3.8, 4) is 5.75 Å². The van der Waals surface area contributed by atoms with Gasteiger partial charge in [-0.15, -0.1) is 0 Å². The number of hydrogen-bond donors (Lipinski definition) is 0. The second-order valence-electron chi connectivity index (χ2n) is 11.1. The van der Waals surface area contributed by atoms with E-state index in [0.29, 0.717) is 22.4 Å². The fourth-order valence-corrected chi connectivity index (χ4v) is 5.68. The first-order valence-electron chi connectivity index (χ1n) is 13.7. The third-order valence-corrected chi connectivity index (χ3v) is 7.12. The Hall–Kier alpha value is -3.68. The van der Waals surface area contributed by atoms with Gasteiger partial charge in [0.15, 0.2) is 5.41 Å². The van der Waals surface area contributed by atoms with Crippen LogP contribution in [0.4, 0.5) is 0 Å². The molecule has 0 heterocycles. The smallest absolute Gasteiger partial charge is 0.329 e. The summed E-state index contributed by atoms with van der Waals surface area (Å²) < 4.78 is 22.8. The Morgan fingerprint density at radius 3 is 1.65 bits per heavy atom. The molecule has 8 nitrogen and oxygen atoms in total. The molecule has 8 heteroatoms. The van der Waals surface area contributed by atoms with Crippen molar-refractivity contribution in [1.29, 1.82) is 0 Å². The topological polar surface area (TPSA) is 105 Å². The van der Waals surface area contributed by atoms with E-state index in [1.807, 2.05) is 0 Å². The van der Waals surface area contributed by atoms with Crippen molar-refractivity contribution in [2.24, 2.45) is 0 Å². The zero-order valence-electron chi connectivity index (χ0n) is 24.6. The lowest BCUT2D eigenvalue weighted by atomic mass is 9.61. The van der Waals surface area contributed by atoms with Gasteiger partial charge in [-0.25, -0.2) is 0 Å². The number of rotatable bonds is 11. The summed E-state index contributed by atoms with van der Waals surface area (Å²) in [5, 5.41) is 0. The third-order valence-electron chi connectivity index (χ3n) is 7.12. The number of methoxy groups -OCH3 is 1. The maximum atomic E-state index is 14.4. The molecule has 216 valence electrons. The molecule has 0 saturated heterocycles. The molecule has 0 bridgehead atoms. The van der Waals surface area contributed by atoms with Gasteiger partial charge in [0.1, 0.15) is 16.9 Å². The summed E-state index contributed by atoms with van der Waals surface area (Å²) in [4.78, 5) is 55.5. The third kappa shape index (κ3) is 5.49. The highest BCUT2D eigenvalue weighted by Crippen LogP contribution is 2.62. The molecule has 1 aliphatic rings. The van der Waals surface area contributed by atoms with Crippen molar-refractivity contribution >= 4 is 23.7 Å². The molecule has 2 aromatic carbocycles. The summed E-state index contributed by atoms with van der Waals surface area (Å²) in [6, 6.07) is 13.7. The SMILES string of the molecule is COc1ccc([C@@H]2C(C(=O)OC(C)C)(C(=O)OC(C)C)c3ccccc3[C@]2(CCC(C)=O)C(=O)OC(C)C)cc1. The van der Waals surface area contributed by atoms with E-state index in [1.165, 1.54) is 14.0 Å². The van der Waals surface area contributed by atoms with Gasteiger partial charge in [0.2, 0.25) is 0 Å². The Labute approximate surface area is 236 Å². The van der Waals surface area contributed by atoms with Crippen LogP contribution in [0.15, 0.2) is 48.5 Å². The van der Waals surface area contributed by atoms with Crippen LogP contribution < -0.4 is 4.74 Å². The summed E-state index contributed by atoms with van der Waals surface area (Å²) in [6.07, 6.45) is -1.59. The fraction of sp³-hybridized carbons (Fsp3) is 0.500. The van der Waals surface area contributed by atoms with Crippen LogP contribution in [0.1, 0.15) is 83.9 Å². The summed E-state index contributed by atoms with van der Waals surface area (Å²) in [5.74, 6) is -3.03. The van der Waals surface area contributed by atoms with Crippen molar-refractivity contribution in [2.45, 2.75) is 96.4 Å². The predicted molar refractivity (Wildman–Crippen MR) is 149 cm³/mol. The van der Waals surface area contributed by atoms with Crippen LogP contribution in [0.5, 0.6) is 5.75 Å². The molecule has 0 aliphatic heterocycles. The van der Waals surface area contributed by atoms with Gasteiger partial charge >= 0.3 is 17.9 Å². The van der Waals surface area contributed by atoms with Gasteiger partial charge in [0.05, 0.1) is 25.4 Å². The average molecular weight is 553 g/mol. The van der Waals surface area contributed by atoms with Gasteiger partial charge < -0.3 is 23.7 Å². The number of ketones is 1. The van der Waals surface area contributed by atoms with Gasteiger partial charge in [-0.2, -0.15) is 0 Å². The van der Waals surface area contributed by atoms with E-state index in [9.17, 15) is 19.2 Å². The van der Waals surface area contributed by atoms with Crippen molar-refractivity contribution in [1.82, 2.24) is 0 Å². The van der Waals surface area contributed by atoms with Crippen molar-refractivity contribution < 1.29 is 38.1 Å². The number of fused-ring (bicyclic) bond motifs is 1. The van der Waals surface area contributed by atoms with Crippen LogP contribution in [0.3, 0.4) is 0 Å². The van der Waals surface area contributed by atoms with Gasteiger partial charge in [-0.3, -0.25) is 14.4 Å². The molecule has 3 rings (SSSR count). The molecule has 0 spiro atoms. The van der Waals surface area contributed by atoms with E-state index < -0.39 is 53.0 Å².